The highest BCUT2D eigenvalue weighted by Gasteiger charge is 2.65. The van der Waals surface area contributed by atoms with E-state index in [4.69, 9.17) is 23.7 Å². The average Bonchev–Trinajstić information content (AvgIpc) is 2.95. The van der Waals surface area contributed by atoms with Gasteiger partial charge in [0.05, 0.1) is 6.61 Å². The molecular formula is C17H22O6. The zero-order valence-corrected chi connectivity index (χ0v) is 13.6. The average molecular weight is 322 g/mol. The Morgan fingerprint density at radius 3 is 2.61 bits per heavy atom. The monoisotopic (exact) mass is 322 g/mol. The van der Waals surface area contributed by atoms with E-state index in [2.05, 4.69) is 0 Å². The van der Waals surface area contributed by atoms with E-state index in [0.717, 1.165) is 5.56 Å². The zero-order chi connectivity index (χ0) is 16.5. The first-order valence-corrected chi connectivity index (χ1v) is 7.80. The fourth-order valence-corrected chi connectivity index (χ4v) is 2.94. The minimum Gasteiger partial charge on any atom is -0.425 e. The summed E-state index contributed by atoms with van der Waals surface area (Å²) in [4.78, 5) is 12.1. The Balaban J connectivity index is 1.71. The first kappa shape index (κ1) is 16.4. The van der Waals surface area contributed by atoms with Gasteiger partial charge in [-0.05, 0) is 26.3 Å². The standard InChI is InChI=1S/C17H22O6/c1-4-20-17(11-19-10-12-8-6-5-7-9-12)14-13(15(18)23-17)21-16(2,3)22-14/h5-9,13-14H,4,10-11H2,1-3H3/t13-,14+,17+/m0/s1. The number of carbonyl (C=O) groups excluding carboxylic acids is 1. The van der Waals surface area contributed by atoms with Crippen LogP contribution in [0.2, 0.25) is 0 Å². The van der Waals surface area contributed by atoms with Crippen LogP contribution in [-0.2, 0) is 35.1 Å². The summed E-state index contributed by atoms with van der Waals surface area (Å²) in [5.41, 5.74) is 1.03. The summed E-state index contributed by atoms with van der Waals surface area (Å²) < 4.78 is 28.4. The summed E-state index contributed by atoms with van der Waals surface area (Å²) in [6.07, 6.45) is -1.42. The fourth-order valence-electron chi connectivity index (χ4n) is 2.94. The topological polar surface area (TPSA) is 63.2 Å². The Morgan fingerprint density at radius 1 is 1.17 bits per heavy atom. The van der Waals surface area contributed by atoms with Gasteiger partial charge in [-0.3, -0.25) is 0 Å². The number of hydrogen-bond acceptors (Lipinski definition) is 6. The van der Waals surface area contributed by atoms with Gasteiger partial charge in [-0.15, -0.1) is 0 Å². The van der Waals surface area contributed by atoms with Crippen LogP contribution in [0.15, 0.2) is 30.3 Å². The molecule has 6 nitrogen and oxygen atoms in total. The van der Waals surface area contributed by atoms with Crippen LogP contribution in [0, 0.1) is 0 Å². The molecular weight excluding hydrogens is 300 g/mol. The molecule has 0 aromatic heterocycles. The molecule has 23 heavy (non-hydrogen) atoms. The van der Waals surface area contributed by atoms with Crippen molar-refractivity contribution in [2.45, 2.75) is 51.2 Å². The van der Waals surface area contributed by atoms with Gasteiger partial charge in [-0.25, -0.2) is 4.79 Å². The molecule has 0 unspecified atom stereocenters. The predicted octanol–water partition coefficient (Wildman–Crippen LogP) is 2.01. The number of cyclic esters (lactones) is 1. The van der Waals surface area contributed by atoms with E-state index in [9.17, 15) is 4.79 Å². The molecule has 0 bridgehead atoms. The number of benzene rings is 1. The molecule has 2 heterocycles. The largest absolute Gasteiger partial charge is 0.425 e. The van der Waals surface area contributed by atoms with E-state index in [1.807, 2.05) is 37.3 Å². The molecule has 0 amide bonds. The first-order chi connectivity index (χ1) is 11.0. The lowest BCUT2D eigenvalue weighted by Crippen LogP contribution is -2.49. The molecule has 1 aromatic carbocycles. The van der Waals surface area contributed by atoms with E-state index >= 15 is 0 Å². The van der Waals surface area contributed by atoms with Crippen molar-refractivity contribution in [3.63, 3.8) is 0 Å². The number of hydrogen-bond donors (Lipinski definition) is 0. The van der Waals surface area contributed by atoms with Crippen LogP contribution in [0.5, 0.6) is 0 Å². The van der Waals surface area contributed by atoms with Crippen LogP contribution in [-0.4, -0.2) is 43.0 Å². The van der Waals surface area contributed by atoms with Crippen molar-refractivity contribution in [3.8, 4) is 0 Å². The van der Waals surface area contributed by atoms with Gasteiger partial charge < -0.3 is 23.7 Å². The molecule has 3 rings (SSSR count). The van der Waals surface area contributed by atoms with E-state index in [1.54, 1.807) is 13.8 Å². The Bertz CT molecular complexity index is 557. The number of rotatable bonds is 6. The summed E-state index contributed by atoms with van der Waals surface area (Å²) in [6, 6.07) is 9.77. The molecule has 0 N–H and O–H groups in total. The number of carbonyl (C=O) groups is 1. The molecule has 2 fully saturated rings. The van der Waals surface area contributed by atoms with E-state index in [-0.39, 0.29) is 6.61 Å². The number of ether oxygens (including phenoxy) is 5. The van der Waals surface area contributed by atoms with Crippen molar-refractivity contribution in [2.75, 3.05) is 13.2 Å². The Kier molecular flexibility index (Phi) is 4.42. The number of esters is 1. The lowest BCUT2D eigenvalue weighted by molar-refractivity contribution is -0.286. The molecule has 126 valence electrons. The van der Waals surface area contributed by atoms with Gasteiger partial charge in [-0.2, -0.15) is 0 Å². The minimum absolute atomic E-state index is 0.0854. The maximum Gasteiger partial charge on any atom is 0.341 e. The van der Waals surface area contributed by atoms with Crippen LogP contribution < -0.4 is 0 Å². The third kappa shape index (κ3) is 3.26. The smallest absolute Gasteiger partial charge is 0.341 e. The van der Waals surface area contributed by atoms with Crippen molar-refractivity contribution < 1.29 is 28.5 Å². The molecule has 0 saturated carbocycles. The second-order valence-electron chi connectivity index (χ2n) is 6.12. The molecule has 0 radical (unpaired) electrons. The quantitative estimate of drug-likeness (QED) is 0.747. The molecule has 2 aliphatic heterocycles. The molecule has 0 spiro atoms. The van der Waals surface area contributed by atoms with Gasteiger partial charge in [0.2, 0.25) is 0 Å². The molecule has 0 aliphatic carbocycles. The van der Waals surface area contributed by atoms with Crippen LogP contribution in [0.25, 0.3) is 0 Å². The maximum absolute atomic E-state index is 12.1. The van der Waals surface area contributed by atoms with E-state index in [0.29, 0.717) is 13.2 Å². The van der Waals surface area contributed by atoms with Crippen molar-refractivity contribution in [1.82, 2.24) is 0 Å². The predicted molar refractivity (Wildman–Crippen MR) is 80.4 cm³/mol. The summed E-state index contributed by atoms with van der Waals surface area (Å²) >= 11 is 0. The highest BCUT2D eigenvalue weighted by molar-refractivity contribution is 5.79. The van der Waals surface area contributed by atoms with Gasteiger partial charge in [0.25, 0.3) is 5.79 Å². The summed E-state index contributed by atoms with van der Waals surface area (Å²) in [5, 5.41) is 0. The summed E-state index contributed by atoms with van der Waals surface area (Å²) in [7, 11) is 0. The molecule has 2 aliphatic rings. The van der Waals surface area contributed by atoms with Crippen molar-refractivity contribution in [1.29, 1.82) is 0 Å². The second-order valence-corrected chi connectivity index (χ2v) is 6.12. The van der Waals surface area contributed by atoms with Gasteiger partial charge in [-0.1, -0.05) is 30.3 Å². The summed E-state index contributed by atoms with van der Waals surface area (Å²) in [5.74, 6) is -2.59. The van der Waals surface area contributed by atoms with Crippen LogP contribution >= 0.6 is 0 Å². The van der Waals surface area contributed by atoms with Crippen LogP contribution in [0.4, 0.5) is 0 Å². The van der Waals surface area contributed by atoms with Crippen LogP contribution in [0.3, 0.4) is 0 Å². The molecule has 2 saturated heterocycles. The maximum atomic E-state index is 12.1. The lowest BCUT2D eigenvalue weighted by atomic mass is 10.1. The third-order valence-corrected chi connectivity index (χ3v) is 3.84. The molecule has 3 atom stereocenters. The van der Waals surface area contributed by atoms with Crippen LogP contribution in [0.1, 0.15) is 26.3 Å². The molecule has 1 aromatic rings. The summed E-state index contributed by atoms with van der Waals surface area (Å²) in [6.45, 7) is 6.22. The minimum atomic E-state index is -1.26. The fraction of sp³-hybridized carbons (Fsp3) is 0.588. The van der Waals surface area contributed by atoms with Gasteiger partial charge >= 0.3 is 5.97 Å². The van der Waals surface area contributed by atoms with E-state index < -0.39 is 29.8 Å². The van der Waals surface area contributed by atoms with Gasteiger partial charge in [0.15, 0.2) is 18.0 Å². The van der Waals surface area contributed by atoms with Crippen molar-refractivity contribution in [2.24, 2.45) is 0 Å². The molecule has 6 heteroatoms. The first-order valence-electron chi connectivity index (χ1n) is 7.80. The van der Waals surface area contributed by atoms with Crippen molar-refractivity contribution >= 4 is 5.97 Å². The Morgan fingerprint density at radius 2 is 1.91 bits per heavy atom. The highest BCUT2D eigenvalue weighted by atomic mass is 16.8. The Hall–Kier alpha value is -1.47. The third-order valence-electron chi connectivity index (χ3n) is 3.84. The zero-order valence-electron chi connectivity index (χ0n) is 13.6. The second kappa shape index (κ2) is 6.20. The Labute approximate surface area is 135 Å². The lowest BCUT2D eigenvalue weighted by Gasteiger charge is -2.32. The van der Waals surface area contributed by atoms with Gasteiger partial charge in [0.1, 0.15) is 6.61 Å². The van der Waals surface area contributed by atoms with E-state index in [1.165, 1.54) is 0 Å². The van der Waals surface area contributed by atoms with Crippen molar-refractivity contribution in [3.05, 3.63) is 35.9 Å². The SMILES string of the molecule is CCO[C@]1(COCc2ccccc2)OC(=O)[C@H]2OC(C)(C)O[C@H]21. The van der Waals surface area contributed by atoms with Gasteiger partial charge in [0, 0.05) is 6.61 Å². The number of fused-ring (bicyclic) bond motifs is 1. The normalized spacial score (nSPS) is 31.9. The highest BCUT2D eigenvalue weighted by Crippen LogP contribution is 2.42.